The fourth-order valence-electron chi connectivity index (χ4n) is 2.06. The number of hydrogen-bond donors (Lipinski definition) is 1. The van der Waals surface area contributed by atoms with E-state index in [0.29, 0.717) is 0 Å². The van der Waals surface area contributed by atoms with Gasteiger partial charge in [0.25, 0.3) is 0 Å². The van der Waals surface area contributed by atoms with Crippen LogP contribution in [0, 0.1) is 0 Å². The van der Waals surface area contributed by atoms with Gasteiger partial charge in [-0.25, -0.2) is 4.68 Å². The Bertz CT molecular complexity index is 424. The highest BCUT2D eigenvalue weighted by Gasteiger charge is 2.20. The van der Waals surface area contributed by atoms with Crippen LogP contribution in [0.25, 0.3) is 0 Å². The molecule has 1 saturated heterocycles. The molecule has 1 amide bonds. The van der Waals surface area contributed by atoms with Gasteiger partial charge in [0, 0.05) is 26.2 Å². The highest BCUT2D eigenvalue weighted by Crippen LogP contribution is 2.09. The molecule has 0 spiro atoms. The lowest BCUT2D eigenvalue weighted by atomic mass is 10.2. The van der Waals surface area contributed by atoms with Crippen molar-refractivity contribution in [3.8, 4) is 0 Å². The molecule has 1 aromatic heterocycles. The van der Waals surface area contributed by atoms with Crippen LogP contribution in [0.2, 0.25) is 0 Å². The number of piperazine rings is 1. The number of carbonyl (C=O) groups is 1. The summed E-state index contributed by atoms with van der Waals surface area (Å²) in [6.07, 6.45) is 2.58. The lowest BCUT2D eigenvalue weighted by Crippen LogP contribution is -2.48. The SMILES string of the molecule is CCC(N)c1cn(CC(=O)N2CCN(C)CC2)nn1. The topological polar surface area (TPSA) is 80.3 Å². The molecule has 1 aromatic rings. The van der Waals surface area contributed by atoms with E-state index in [2.05, 4.69) is 22.3 Å². The Labute approximate surface area is 113 Å². The van der Waals surface area contributed by atoms with Crippen molar-refractivity contribution in [3.63, 3.8) is 0 Å². The zero-order chi connectivity index (χ0) is 13.8. The molecule has 1 fully saturated rings. The summed E-state index contributed by atoms with van der Waals surface area (Å²) in [7, 11) is 2.07. The third-order valence-corrected chi connectivity index (χ3v) is 3.53. The van der Waals surface area contributed by atoms with E-state index in [0.717, 1.165) is 38.3 Å². The molecular formula is C12H22N6O. The van der Waals surface area contributed by atoms with E-state index in [-0.39, 0.29) is 18.5 Å². The minimum absolute atomic E-state index is 0.0922. The van der Waals surface area contributed by atoms with E-state index in [1.807, 2.05) is 11.8 Å². The summed E-state index contributed by atoms with van der Waals surface area (Å²) in [6, 6.07) is -0.104. The van der Waals surface area contributed by atoms with Crippen molar-refractivity contribution in [2.24, 2.45) is 5.73 Å². The van der Waals surface area contributed by atoms with Crippen LogP contribution in [0.4, 0.5) is 0 Å². The molecule has 7 nitrogen and oxygen atoms in total. The van der Waals surface area contributed by atoms with E-state index >= 15 is 0 Å². The number of likely N-dealkylation sites (N-methyl/N-ethyl adjacent to an activating group) is 1. The maximum absolute atomic E-state index is 12.1. The average molecular weight is 266 g/mol. The number of nitrogens with two attached hydrogens (primary N) is 1. The van der Waals surface area contributed by atoms with E-state index in [9.17, 15) is 4.79 Å². The minimum Gasteiger partial charge on any atom is -0.339 e. The average Bonchev–Trinajstić information content (AvgIpc) is 2.87. The Hall–Kier alpha value is -1.47. The van der Waals surface area contributed by atoms with Crippen LogP contribution in [-0.2, 0) is 11.3 Å². The van der Waals surface area contributed by atoms with Gasteiger partial charge in [-0.1, -0.05) is 12.1 Å². The second-order valence-corrected chi connectivity index (χ2v) is 5.04. The van der Waals surface area contributed by atoms with Crippen molar-refractivity contribution >= 4 is 5.91 Å². The zero-order valence-corrected chi connectivity index (χ0v) is 11.6. The van der Waals surface area contributed by atoms with Gasteiger partial charge in [0.15, 0.2) is 0 Å². The number of rotatable bonds is 4. The van der Waals surface area contributed by atoms with Crippen LogP contribution in [0.3, 0.4) is 0 Å². The predicted molar refractivity (Wildman–Crippen MR) is 71.3 cm³/mol. The van der Waals surface area contributed by atoms with Gasteiger partial charge in [-0.05, 0) is 13.5 Å². The van der Waals surface area contributed by atoms with Crippen LogP contribution >= 0.6 is 0 Å². The molecule has 0 aromatic carbocycles. The van der Waals surface area contributed by atoms with Crippen LogP contribution in [-0.4, -0.2) is 63.9 Å². The molecule has 106 valence electrons. The molecule has 2 heterocycles. The number of hydrogen-bond acceptors (Lipinski definition) is 5. The second kappa shape index (κ2) is 6.12. The van der Waals surface area contributed by atoms with E-state index in [1.165, 1.54) is 0 Å². The number of carbonyl (C=O) groups excluding carboxylic acids is 1. The van der Waals surface area contributed by atoms with Crippen molar-refractivity contribution in [2.75, 3.05) is 33.2 Å². The smallest absolute Gasteiger partial charge is 0.244 e. The van der Waals surface area contributed by atoms with Gasteiger partial charge in [0.05, 0.1) is 17.9 Å². The number of aromatic nitrogens is 3. The zero-order valence-electron chi connectivity index (χ0n) is 11.6. The molecule has 1 atom stereocenters. The third-order valence-electron chi connectivity index (χ3n) is 3.53. The number of nitrogens with zero attached hydrogens (tertiary/aromatic N) is 5. The fourth-order valence-corrected chi connectivity index (χ4v) is 2.06. The van der Waals surface area contributed by atoms with Crippen LogP contribution in [0.15, 0.2) is 6.20 Å². The van der Waals surface area contributed by atoms with E-state index in [1.54, 1.807) is 10.9 Å². The summed E-state index contributed by atoms with van der Waals surface area (Å²) >= 11 is 0. The van der Waals surface area contributed by atoms with E-state index in [4.69, 9.17) is 5.73 Å². The highest BCUT2D eigenvalue weighted by molar-refractivity contribution is 5.76. The lowest BCUT2D eigenvalue weighted by molar-refractivity contribution is -0.133. The summed E-state index contributed by atoms with van der Waals surface area (Å²) in [5.41, 5.74) is 6.62. The van der Waals surface area contributed by atoms with Gasteiger partial charge in [-0.3, -0.25) is 4.79 Å². The Morgan fingerprint density at radius 2 is 2.11 bits per heavy atom. The molecule has 2 rings (SSSR count). The molecule has 0 saturated carbocycles. The summed E-state index contributed by atoms with van der Waals surface area (Å²) in [5, 5.41) is 7.97. The van der Waals surface area contributed by atoms with Crippen molar-refractivity contribution in [1.29, 1.82) is 0 Å². The van der Waals surface area contributed by atoms with Gasteiger partial charge in [-0.15, -0.1) is 5.10 Å². The first-order valence-electron chi connectivity index (χ1n) is 6.72. The van der Waals surface area contributed by atoms with Crippen molar-refractivity contribution in [1.82, 2.24) is 24.8 Å². The van der Waals surface area contributed by atoms with Crippen molar-refractivity contribution in [2.45, 2.75) is 25.9 Å². The van der Waals surface area contributed by atoms with Crippen LogP contribution < -0.4 is 5.73 Å². The molecule has 0 aliphatic carbocycles. The highest BCUT2D eigenvalue weighted by atomic mass is 16.2. The van der Waals surface area contributed by atoms with Gasteiger partial charge in [0.1, 0.15) is 6.54 Å². The Morgan fingerprint density at radius 3 is 2.74 bits per heavy atom. The summed E-state index contributed by atoms with van der Waals surface area (Å²) in [4.78, 5) is 16.2. The molecule has 1 unspecified atom stereocenters. The first-order chi connectivity index (χ1) is 9.10. The molecule has 0 bridgehead atoms. The molecule has 0 radical (unpaired) electrons. The third kappa shape index (κ3) is 3.51. The van der Waals surface area contributed by atoms with Gasteiger partial charge in [0.2, 0.25) is 5.91 Å². The largest absolute Gasteiger partial charge is 0.339 e. The monoisotopic (exact) mass is 266 g/mol. The Morgan fingerprint density at radius 1 is 1.42 bits per heavy atom. The summed E-state index contributed by atoms with van der Waals surface area (Å²) in [5.74, 6) is 0.0922. The number of amides is 1. The summed E-state index contributed by atoms with van der Waals surface area (Å²) in [6.45, 7) is 5.66. The molecule has 19 heavy (non-hydrogen) atoms. The Balaban J connectivity index is 1.90. The summed E-state index contributed by atoms with van der Waals surface area (Å²) < 4.78 is 1.57. The van der Waals surface area contributed by atoms with E-state index < -0.39 is 0 Å². The molecular weight excluding hydrogens is 244 g/mol. The lowest BCUT2D eigenvalue weighted by Gasteiger charge is -2.32. The second-order valence-electron chi connectivity index (χ2n) is 5.04. The maximum atomic E-state index is 12.1. The van der Waals surface area contributed by atoms with Gasteiger partial charge >= 0.3 is 0 Å². The van der Waals surface area contributed by atoms with Crippen molar-refractivity contribution in [3.05, 3.63) is 11.9 Å². The normalized spacial score (nSPS) is 18.6. The fraction of sp³-hybridized carbons (Fsp3) is 0.750. The van der Waals surface area contributed by atoms with Crippen LogP contribution in [0.5, 0.6) is 0 Å². The van der Waals surface area contributed by atoms with Gasteiger partial charge in [-0.2, -0.15) is 0 Å². The first-order valence-corrected chi connectivity index (χ1v) is 6.72. The minimum atomic E-state index is -0.104. The maximum Gasteiger partial charge on any atom is 0.244 e. The molecule has 7 heteroatoms. The standard InChI is InChI=1S/C12H22N6O/c1-3-10(13)11-8-18(15-14-11)9-12(19)17-6-4-16(2)5-7-17/h8,10H,3-7,9,13H2,1-2H3. The molecule has 2 N–H and O–H groups in total. The quantitative estimate of drug-likeness (QED) is 0.792. The first kappa shape index (κ1) is 14.0. The van der Waals surface area contributed by atoms with Crippen molar-refractivity contribution < 1.29 is 4.79 Å². The van der Waals surface area contributed by atoms with Crippen LogP contribution in [0.1, 0.15) is 25.1 Å². The predicted octanol–water partition coefficient (Wildman–Crippen LogP) is -0.538. The molecule has 1 aliphatic heterocycles. The Kier molecular flexibility index (Phi) is 4.49. The van der Waals surface area contributed by atoms with Gasteiger partial charge < -0.3 is 15.5 Å². The molecule has 1 aliphatic rings.